The predicted octanol–water partition coefficient (Wildman–Crippen LogP) is 4.35. The summed E-state index contributed by atoms with van der Waals surface area (Å²) in [6.07, 6.45) is -3.20. The summed E-state index contributed by atoms with van der Waals surface area (Å²) in [5, 5.41) is 3.42. The van der Waals surface area contributed by atoms with Gasteiger partial charge in [0.25, 0.3) is 0 Å². The molecule has 2 aromatic rings. The average Bonchev–Trinajstić information content (AvgIpc) is 3.22. The van der Waals surface area contributed by atoms with Crippen molar-refractivity contribution in [1.29, 1.82) is 0 Å². The van der Waals surface area contributed by atoms with Crippen molar-refractivity contribution in [2.45, 2.75) is 45.8 Å². The highest BCUT2D eigenvalue weighted by Crippen LogP contribution is 2.32. The van der Waals surface area contributed by atoms with E-state index in [0.717, 1.165) is 23.4 Å². The van der Waals surface area contributed by atoms with Gasteiger partial charge in [0.1, 0.15) is 12.4 Å². The first-order valence-electron chi connectivity index (χ1n) is 8.59. The molecule has 1 aliphatic heterocycles. The SMILES string of the molecule is Cc1cc(-c2noc(C(F)(F)F)n2)cc(C)c1OCCCC1=NC(C)CO1. The zero-order valence-electron chi connectivity index (χ0n) is 15.3. The lowest BCUT2D eigenvalue weighted by Gasteiger charge is -2.13. The van der Waals surface area contributed by atoms with Crippen LogP contribution in [-0.2, 0) is 10.9 Å². The summed E-state index contributed by atoms with van der Waals surface area (Å²) in [4.78, 5) is 7.79. The van der Waals surface area contributed by atoms with Crippen molar-refractivity contribution in [2.24, 2.45) is 4.99 Å². The molecule has 1 aromatic carbocycles. The summed E-state index contributed by atoms with van der Waals surface area (Å²) < 4.78 is 53.4. The van der Waals surface area contributed by atoms with Crippen LogP contribution in [0, 0.1) is 13.8 Å². The third-order valence-corrected chi connectivity index (χ3v) is 4.02. The predicted molar refractivity (Wildman–Crippen MR) is 91.8 cm³/mol. The highest BCUT2D eigenvalue weighted by atomic mass is 19.4. The largest absolute Gasteiger partial charge is 0.493 e. The summed E-state index contributed by atoms with van der Waals surface area (Å²) in [6, 6.07) is 3.57. The van der Waals surface area contributed by atoms with Gasteiger partial charge in [-0.25, -0.2) is 4.99 Å². The molecule has 1 atom stereocenters. The second-order valence-corrected chi connectivity index (χ2v) is 6.49. The van der Waals surface area contributed by atoms with Crippen LogP contribution in [0.2, 0.25) is 0 Å². The fourth-order valence-corrected chi connectivity index (χ4v) is 2.83. The molecule has 0 amide bonds. The van der Waals surface area contributed by atoms with Crippen molar-refractivity contribution in [2.75, 3.05) is 13.2 Å². The molecule has 0 aliphatic carbocycles. The fraction of sp³-hybridized carbons (Fsp3) is 0.500. The van der Waals surface area contributed by atoms with E-state index >= 15 is 0 Å². The maximum absolute atomic E-state index is 12.6. The fourth-order valence-electron chi connectivity index (χ4n) is 2.83. The number of benzene rings is 1. The Morgan fingerprint density at radius 1 is 1.22 bits per heavy atom. The zero-order chi connectivity index (χ0) is 19.6. The summed E-state index contributed by atoms with van der Waals surface area (Å²) in [5.74, 6) is -0.0153. The minimum Gasteiger partial charge on any atom is -0.493 e. The van der Waals surface area contributed by atoms with Crippen LogP contribution >= 0.6 is 0 Å². The summed E-state index contributed by atoms with van der Waals surface area (Å²) in [5.41, 5.74) is 2.01. The summed E-state index contributed by atoms with van der Waals surface area (Å²) in [6.45, 7) is 6.75. The monoisotopic (exact) mass is 383 g/mol. The molecule has 6 nitrogen and oxygen atoms in total. The van der Waals surface area contributed by atoms with Crippen molar-refractivity contribution in [1.82, 2.24) is 10.1 Å². The number of aromatic nitrogens is 2. The standard InChI is InChI=1S/C18H20F3N3O3/c1-10-7-13(16-23-17(27-24-16)18(19,20)21)8-11(2)15(10)25-6-4-5-14-22-12(3)9-26-14/h7-8,12H,4-6,9H2,1-3H3. The van der Waals surface area contributed by atoms with Crippen LogP contribution in [0.15, 0.2) is 21.6 Å². The van der Waals surface area contributed by atoms with E-state index in [1.165, 1.54) is 0 Å². The van der Waals surface area contributed by atoms with Crippen LogP contribution in [0.3, 0.4) is 0 Å². The van der Waals surface area contributed by atoms with Crippen LogP contribution in [0.5, 0.6) is 5.75 Å². The van der Waals surface area contributed by atoms with Gasteiger partial charge in [0.05, 0.1) is 12.6 Å². The van der Waals surface area contributed by atoms with Gasteiger partial charge in [0, 0.05) is 12.0 Å². The van der Waals surface area contributed by atoms with Crippen molar-refractivity contribution in [3.8, 4) is 17.1 Å². The van der Waals surface area contributed by atoms with Crippen molar-refractivity contribution in [3.05, 3.63) is 29.2 Å². The number of hydrogen-bond acceptors (Lipinski definition) is 6. The average molecular weight is 383 g/mol. The third kappa shape index (κ3) is 4.58. The highest BCUT2D eigenvalue weighted by Gasteiger charge is 2.38. The van der Waals surface area contributed by atoms with Crippen molar-refractivity contribution < 1.29 is 27.2 Å². The molecule has 0 N–H and O–H groups in total. The van der Waals surface area contributed by atoms with Crippen LogP contribution in [0.4, 0.5) is 13.2 Å². The smallest absolute Gasteiger partial charge is 0.471 e. The van der Waals surface area contributed by atoms with E-state index in [1.807, 2.05) is 20.8 Å². The van der Waals surface area contributed by atoms with E-state index in [9.17, 15) is 13.2 Å². The molecule has 0 fully saturated rings. The lowest BCUT2D eigenvalue weighted by atomic mass is 10.1. The van der Waals surface area contributed by atoms with Crippen LogP contribution in [0.1, 0.15) is 36.8 Å². The summed E-state index contributed by atoms with van der Waals surface area (Å²) >= 11 is 0. The maximum atomic E-state index is 12.6. The molecular formula is C18H20F3N3O3. The second-order valence-electron chi connectivity index (χ2n) is 6.49. The molecule has 9 heteroatoms. The Balaban J connectivity index is 1.64. The molecule has 0 spiro atoms. The van der Waals surface area contributed by atoms with Crippen molar-refractivity contribution in [3.63, 3.8) is 0 Å². The van der Waals surface area contributed by atoms with Crippen LogP contribution in [0.25, 0.3) is 11.4 Å². The van der Waals surface area contributed by atoms with Gasteiger partial charge in [0.2, 0.25) is 5.82 Å². The lowest BCUT2D eigenvalue weighted by Crippen LogP contribution is -2.06. The minimum atomic E-state index is -4.66. The topological polar surface area (TPSA) is 69.7 Å². The number of nitrogens with zero attached hydrogens (tertiary/aromatic N) is 3. The van der Waals surface area contributed by atoms with Gasteiger partial charge < -0.3 is 14.0 Å². The normalized spacial score (nSPS) is 17.0. The van der Waals surface area contributed by atoms with E-state index in [0.29, 0.717) is 30.9 Å². The van der Waals surface area contributed by atoms with Crippen molar-refractivity contribution >= 4 is 5.90 Å². The van der Waals surface area contributed by atoms with Crippen LogP contribution < -0.4 is 4.74 Å². The first kappa shape index (κ1) is 19.2. The molecule has 0 saturated carbocycles. The Morgan fingerprint density at radius 2 is 1.93 bits per heavy atom. The molecule has 1 aromatic heterocycles. The molecule has 146 valence electrons. The summed E-state index contributed by atoms with van der Waals surface area (Å²) in [7, 11) is 0. The van der Waals surface area contributed by atoms with E-state index < -0.39 is 12.1 Å². The molecule has 0 bridgehead atoms. The number of alkyl halides is 3. The molecule has 1 aliphatic rings. The first-order valence-corrected chi connectivity index (χ1v) is 8.59. The molecular weight excluding hydrogens is 363 g/mol. The molecule has 3 rings (SSSR count). The zero-order valence-corrected chi connectivity index (χ0v) is 15.3. The van der Waals surface area contributed by atoms with Gasteiger partial charge in [-0.05, 0) is 50.5 Å². The van der Waals surface area contributed by atoms with E-state index in [4.69, 9.17) is 9.47 Å². The van der Waals surface area contributed by atoms with Gasteiger partial charge in [-0.3, -0.25) is 0 Å². The minimum absolute atomic E-state index is 0.106. The Hall–Kier alpha value is -2.58. The van der Waals surface area contributed by atoms with Gasteiger partial charge in [-0.1, -0.05) is 5.16 Å². The van der Waals surface area contributed by atoms with Gasteiger partial charge in [0.15, 0.2) is 5.90 Å². The Kier molecular flexibility index (Phi) is 5.38. The maximum Gasteiger partial charge on any atom is 0.471 e. The Labute approximate surface area is 154 Å². The number of hydrogen-bond donors (Lipinski definition) is 0. The van der Waals surface area contributed by atoms with E-state index in [2.05, 4.69) is 19.7 Å². The number of halogens is 3. The lowest BCUT2D eigenvalue weighted by molar-refractivity contribution is -0.159. The van der Waals surface area contributed by atoms with E-state index in [-0.39, 0.29) is 11.9 Å². The number of aryl methyl sites for hydroxylation is 2. The van der Waals surface area contributed by atoms with Gasteiger partial charge in [-0.2, -0.15) is 18.2 Å². The number of aliphatic imine (C=N–C) groups is 1. The highest BCUT2D eigenvalue weighted by molar-refractivity contribution is 5.77. The van der Waals surface area contributed by atoms with Crippen LogP contribution in [-0.4, -0.2) is 35.3 Å². The van der Waals surface area contributed by atoms with Gasteiger partial charge >= 0.3 is 12.1 Å². The van der Waals surface area contributed by atoms with E-state index in [1.54, 1.807) is 12.1 Å². The quantitative estimate of drug-likeness (QED) is 0.694. The number of ether oxygens (including phenoxy) is 2. The van der Waals surface area contributed by atoms with Gasteiger partial charge in [-0.15, -0.1) is 0 Å². The Bertz CT molecular complexity index is 823. The third-order valence-electron chi connectivity index (χ3n) is 4.02. The Morgan fingerprint density at radius 3 is 2.48 bits per heavy atom. The molecule has 1 unspecified atom stereocenters. The molecule has 0 radical (unpaired) electrons. The number of rotatable bonds is 6. The first-order chi connectivity index (χ1) is 12.7. The molecule has 0 saturated heterocycles. The molecule has 27 heavy (non-hydrogen) atoms. The second kappa shape index (κ2) is 7.58. The molecule has 2 heterocycles.